The lowest BCUT2D eigenvalue weighted by atomic mass is 10.1. The first-order valence-electron chi connectivity index (χ1n) is 7.28. The zero-order chi connectivity index (χ0) is 17.3. The van der Waals surface area contributed by atoms with Gasteiger partial charge in [0.2, 0.25) is 0 Å². The molecule has 0 fully saturated rings. The maximum absolute atomic E-state index is 12.7. The molecule has 0 bridgehead atoms. The van der Waals surface area contributed by atoms with Crippen molar-refractivity contribution < 1.29 is 22.8 Å². The number of halogens is 3. The molecule has 8 heteroatoms. The molecule has 126 valence electrons. The van der Waals surface area contributed by atoms with Crippen molar-refractivity contribution in [2.75, 3.05) is 11.4 Å². The van der Waals surface area contributed by atoms with E-state index in [2.05, 4.69) is 4.98 Å². The maximum atomic E-state index is 12.7. The summed E-state index contributed by atoms with van der Waals surface area (Å²) < 4.78 is 37.1. The van der Waals surface area contributed by atoms with Crippen LogP contribution in [0.4, 0.5) is 18.9 Å². The Morgan fingerprint density at radius 3 is 2.62 bits per heavy atom. The minimum absolute atomic E-state index is 0.278. The fraction of sp³-hybridized carbons (Fsp3) is 0.250. The number of carbonyl (C=O) groups excluding carboxylic acids is 2. The van der Waals surface area contributed by atoms with E-state index < -0.39 is 18.1 Å². The number of para-hydroxylation sites is 1. The summed E-state index contributed by atoms with van der Waals surface area (Å²) in [6.07, 6.45) is -2.98. The Balaban J connectivity index is 1.83. The second-order valence-electron chi connectivity index (χ2n) is 5.45. The molecule has 0 saturated carbocycles. The zero-order valence-electron chi connectivity index (χ0n) is 12.4. The van der Waals surface area contributed by atoms with E-state index in [0.29, 0.717) is 17.8 Å². The van der Waals surface area contributed by atoms with E-state index in [-0.39, 0.29) is 12.5 Å². The highest BCUT2D eigenvalue weighted by atomic mass is 19.4. The van der Waals surface area contributed by atoms with Gasteiger partial charge in [-0.1, -0.05) is 18.2 Å². The number of rotatable bonds is 3. The lowest BCUT2D eigenvalue weighted by molar-refractivity contribution is -0.173. The molecule has 24 heavy (non-hydrogen) atoms. The number of fused-ring (bicyclic) bond motifs is 1. The second-order valence-corrected chi connectivity index (χ2v) is 5.45. The number of aromatic nitrogens is 1. The number of H-pyrrole nitrogens is 1. The molecule has 2 amide bonds. The molecule has 5 nitrogen and oxygen atoms in total. The summed E-state index contributed by atoms with van der Waals surface area (Å²) in [4.78, 5) is 28.0. The van der Waals surface area contributed by atoms with E-state index in [4.69, 9.17) is 0 Å². The SMILES string of the molecule is O=C(c1ccc[nH]1)N1c2ccccc2C[C@H]1CNC(=O)C(F)(F)F. The van der Waals surface area contributed by atoms with Crippen LogP contribution < -0.4 is 10.2 Å². The molecule has 1 aromatic heterocycles. The minimum Gasteiger partial charge on any atom is -0.357 e. The Hall–Kier alpha value is -2.77. The molecule has 2 heterocycles. The summed E-state index contributed by atoms with van der Waals surface area (Å²) in [6, 6.07) is 9.78. The van der Waals surface area contributed by atoms with Gasteiger partial charge in [0, 0.05) is 18.4 Å². The van der Waals surface area contributed by atoms with Crippen LogP contribution in [-0.4, -0.2) is 35.6 Å². The molecule has 0 aliphatic carbocycles. The van der Waals surface area contributed by atoms with E-state index in [0.717, 1.165) is 5.56 Å². The van der Waals surface area contributed by atoms with Crippen LogP contribution in [0.2, 0.25) is 0 Å². The fourth-order valence-electron chi connectivity index (χ4n) is 2.80. The van der Waals surface area contributed by atoms with Gasteiger partial charge in [-0.25, -0.2) is 0 Å². The quantitative estimate of drug-likeness (QED) is 0.902. The zero-order valence-corrected chi connectivity index (χ0v) is 12.4. The number of hydrogen-bond donors (Lipinski definition) is 2. The Labute approximate surface area is 135 Å². The van der Waals surface area contributed by atoms with Crippen molar-refractivity contribution in [3.05, 3.63) is 53.9 Å². The number of alkyl halides is 3. The lowest BCUT2D eigenvalue weighted by Crippen LogP contribution is -2.48. The molecule has 1 aromatic carbocycles. The van der Waals surface area contributed by atoms with Crippen LogP contribution in [0.1, 0.15) is 16.1 Å². The molecule has 1 aliphatic rings. The summed E-state index contributed by atoms with van der Waals surface area (Å²) in [7, 11) is 0. The van der Waals surface area contributed by atoms with E-state index in [1.807, 2.05) is 11.4 Å². The third kappa shape index (κ3) is 2.99. The molecule has 3 rings (SSSR count). The monoisotopic (exact) mass is 337 g/mol. The van der Waals surface area contributed by atoms with Gasteiger partial charge in [-0.15, -0.1) is 0 Å². The summed E-state index contributed by atoms with van der Waals surface area (Å²) in [5.41, 5.74) is 1.82. The Morgan fingerprint density at radius 1 is 1.21 bits per heavy atom. The Bertz CT molecular complexity index is 756. The van der Waals surface area contributed by atoms with Crippen LogP contribution in [0.15, 0.2) is 42.6 Å². The van der Waals surface area contributed by atoms with Gasteiger partial charge in [0.15, 0.2) is 0 Å². The molecular weight excluding hydrogens is 323 g/mol. The number of amides is 2. The highest BCUT2D eigenvalue weighted by Crippen LogP contribution is 2.33. The number of nitrogens with zero attached hydrogens (tertiary/aromatic N) is 1. The predicted octanol–water partition coefficient (Wildman–Crippen LogP) is 2.26. The summed E-state index contributed by atoms with van der Waals surface area (Å²) >= 11 is 0. The number of carbonyl (C=O) groups is 2. The third-order valence-corrected chi connectivity index (χ3v) is 3.87. The molecule has 1 aliphatic heterocycles. The standard InChI is InChI=1S/C16H14F3N3O2/c17-16(18,19)15(24)21-9-11-8-10-4-1-2-6-13(10)22(11)14(23)12-5-3-7-20-12/h1-7,11,20H,8-9H2,(H,21,24)/t11-/m0/s1. The molecule has 1 atom stereocenters. The van der Waals surface area contributed by atoms with Crippen molar-refractivity contribution in [1.82, 2.24) is 10.3 Å². The molecule has 2 aromatic rings. The number of benzene rings is 1. The second kappa shape index (κ2) is 6.03. The Kier molecular flexibility index (Phi) is 4.04. The van der Waals surface area contributed by atoms with Crippen molar-refractivity contribution in [1.29, 1.82) is 0 Å². The molecule has 0 radical (unpaired) electrons. The largest absolute Gasteiger partial charge is 0.471 e. The van der Waals surface area contributed by atoms with Gasteiger partial charge in [-0.3, -0.25) is 9.59 Å². The Morgan fingerprint density at radius 2 is 1.96 bits per heavy atom. The number of nitrogens with one attached hydrogen (secondary N) is 2. The highest BCUT2D eigenvalue weighted by molar-refractivity contribution is 6.06. The number of hydrogen-bond acceptors (Lipinski definition) is 2. The first-order valence-corrected chi connectivity index (χ1v) is 7.28. The number of aromatic amines is 1. The molecule has 0 spiro atoms. The summed E-state index contributed by atoms with van der Waals surface area (Å²) in [6.45, 7) is -0.278. The first kappa shape index (κ1) is 16.1. The van der Waals surface area contributed by atoms with Gasteiger partial charge in [0.1, 0.15) is 5.69 Å². The first-order chi connectivity index (χ1) is 11.4. The van der Waals surface area contributed by atoms with Crippen molar-refractivity contribution in [3.8, 4) is 0 Å². The highest BCUT2D eigenvalue weighted by Gasteiger charge is 2.40. The summed E-state index contributed by atoms with van der Waals surface area (Å²) in [5, 5.41) is 1.86. The molecule has 0 saturated heterocycles. The molecule has 0 unspecified atom stereocenters. The smallest absolute Gasteiger partial charge is 0.357 e. The van der Waals surface area contributed by atoms with Crippen LogP contribution in [0, 0.1) is 0 Å². The lowest BCUT2D eigenvalue weighted by Gasteiger charge is -2.25. The van der Waals surface area contributed by atoms with Gasteiger partial charge in [0.05, 0.1) is 6.04 Å². The summed E-state index contributed by atoms with van der Waals surface area (Å²) in [5.74, 6) is -2.36. The van der Waals surface area contributed by atoms with Gasteiger partial charge >= 0.3 is 12.1 Å². The average Bonchev–Trinajstić information content (AvgIpc) is 3.18. The molecular formula is C16H14F3N3O2. The normalized spacial score (nSPS) is 16.8. The van der Waals surface area contributed by atoms with Crippen LogP contribution in [0.3, 0.4) is 0 Å². The van der Waals surface area contributed by atoms with Crippen molar-refractivity contribution in [3.63, 3.8) is 0 Å². The predicted molar refractivity (Wildman–Crippen MR) is 80.6 cm³/mol. The van der Waals surface area contributed by atoms with Crippen LogP contribution in [0.25, 0.3) is 0 Å². The van der Waals surface area contributed by atoms with Gasteiger partial charge in [-0.05, 0) is 30.2 Å². The van der Waals surface area contributed by atoms with Crippen molar-refractivity contribution in [2.45, 2.75) is 18.6 Å². The van der Waals surface area contributed by atoms with Crippen LogP contribution in [-0.2, 0) is 11.2 Å². The van der Waals surface area contributed by atoms with Gasteiger partial charge in [-0.2, -0.15) is 13.2 Å². The number of anilines is 1. The fourth-order valence-corrected chi connectivity index (χ4v) is 2.80. The molecule has 2 N–H and O–H groups in total. The maximum Gasteiger partial charge on any atom is 0.471 e. The average molecular weight is 337 g/mol. The van der Waals surface area contributed by atoms with E-state index in [9.17, 15) is 22.8 Å². The topological polar surface area (TPSA) is 65.2 Å². The van der Waals surface area contributed by atoms with Gasteiger partial charge in [0.25, 0.3) is 5.91 Å². The van der Waals surface area contributed by atoms with E-state index in [1.165, 1.54) is 4.90 Å². The van der Waals surface area contributed by atoms with Crippen LogP contribution >= 0.6 is 0 Å². The van der Waals surface area contributed by atoms with E-state index >= 15 is 0 Å². The van der Waals surface area contributed by atoms with Crippen molar-refractivity contribution >= 4 is 17.5 Å². The van der Waals surface area contributed by atoms with E-state index in [1.54, 1.807) is 36.5 Å². The third-order valence-electron chi connectivity index (χ3n) is 3.87. The van der Waals surface area contributed by atoms with Crippen molar-refractivity contribution in [2.24, 2.45) is 0 Å². The minimum atomic E-state index is -4.94. The van der Waals surface area contributed by atoms with Crippen LogP contribution in [0.5, 0.6) is 0 Å². The van der Waals surface area contributed by atoms with Gasteiger partial charge < -0.3 is 15.2 Å².